The molecule has 2 nitrogen and oxygen atoms in total. The van der Waals surface area contributed by atoms with Gasteiger partial charge in [0.15, 0.2) is 0 Å². The maximum atomic E-state index is 6.02. The van der Waals surface area contributed by atoms with Crippen molar-refractivity contribution in [1.29, 1.82) is 0 Å². The smallest absolute Gasteiger partial charge is 0.0408 e. The fraction of sp³-hybridized carbons (Fsp3) is 0.714. The van der Waals surface area contributed by atoms with E-state index in [1.54, 1.807) is 0 Å². The Hall–Kier alpha value is -0.570. The SMILES string of the molecule is CCCCN1CCCC1.CCc1cc(Cl)ccc1C1CCNCC1. The van der Waals surface area contributed by atoms with Gasteiger partial charge in [-0.25, -0.2) is 0 Å². The summed E-state index contributed by atoms with van der Waals surface area (Å²) < 4.78 is 0. The second-order valence-corrected chi connectivity index (χ2v) is 7.56. The van der Waals surface area contributed by atoms with Crippen LogP contribution in [0.1, 0.15) is 69.4 Å². The third kappa shape index (κ3) is 6.38. The molecular weight excluding hydrogens is 316 g/mol. The van der Waals surface area contributed by atoms with E-state index < -0.39 is 0 Å². The van der Waals surface area contributed by atoms with Crippen LogP contribution in [0.4, 0.5) is 0 Å². The number of likely N-dealkylation sites (tertiary alicyclic amines) is 1. The van der Waals surface area contributed by atoms with Gasteiger partial charge < -0.3 is 10.2 Å². The molecule has 0 amide bonds. The molecule has 3 heteroatoms. The minimum absolute atomic E-state index is 0.735. The standard InChI is InChI=1S/C13H18ClN.C8H17N/c1-2-10-9-12(14)3-4-13(10)11-5-7-15-8-6-11;1-2-3-6-9-7-4-5-8-9/h3-4,9,11,15H,2,5-8H2,1H3;2-8H2,1H3. The van der Waals surface area contributed by atoms with Gasteiger partial charge in [-0.2, -0.15) is 0 Å². The van der Waals surface area contributed by atoms with E-state index in [0.29, 0.717) is 0 Å². The number of hydrogen-bond acceptors (Lipinski definition) is 2. The number of aryl methyl sites for hydroxylation is 1. The minimum Gasteiger partial charge on any atom is -0.317 e. The normalized spacial score (nSPS) is 19.1. The van der Waals surface area contributed by atoms with Crippen molar-refractivity contribution < 1.29 is 0 Å². The lowest BCUT2D eigenvalue weighted by Crippen LogP contribution is -2.27. The van der Waals surface area contributed by atoms with Crippen LogP contribution in [0.25, 0.3) is 0 Å². The molecule has 0 spiro atoms. The van der Waals surface area contributed by atoms with Gasteiger partial charge in [0.25, 0.3) is 0 Å². The molecule has 3 rings (SSSR count). The highest BCUT2D eigenvalue weighted by Gasteiger charge is 2.17. The lowest BCUT2D eigenvalue weighted by Gasteiger charge is -2.25. The van der Waals surface area contributed by atoms with Crippen molar-refractivity contribution in [3.8, 4) is 0 Å². The van der Waals surface area contributed by atoms with Crippen molar-refractivity contribution in [2.75, 3.05) is 32.7 Å². The maximum Gasteiger partial charge on any atom is 0.0408 e. The quantitative estimate of drug-likeness (QED) is 0.780. The van der Waals surface area contributed by atoms with Crippen molar-refractivity contribution in [3.05, 3.63) is 34.3 Å². The first-order chi connectivity index (χ1) is 11.7. The van der Waals surface area contributed by atoms with E-state index in [-0.39, 0.29) is 0 Å². The second-order valence-electron chi connectivity index (χ2n) is 7.12. The van der Waals surface area contributed by atoms with E-state index in [0.717, 1.165) is 30.5 Å². The Kier molecular flexibility index (Phi) is 9.15. The zero-order valence-electron chi connectivity index (χ0n) is 15.6. The van der Waals surface area contributed by atoms with Crippen LogP contribution in [0.15, 0.2) is 18.2 Å². The predicted molar refractivity (Wildman–Crippen MR) is 106 cm³/mol. The van der Waals surface area contributed by atoms with Crippen LogP contribution in [-0.4, -0.2) is 37.6 Å². The summed E-state index contributed by atoms with van der Waals surface area (Å²) in [5, 5.41) is 4.27. The molecule has 2 saturated heterocycles. The number of rotatable bonds is 5. The summed E-state index contributed by atoms with van der Waals surface area (Å²) in [7, 11) is 0. The zero-order chi connectivity index (χ0) is 17.2. The first kappa shape index (κ1) is 19.8. The summed E-state index contributed by atoms with van der Waals surface area (Å²) in [6.07, 6.45) is 9.20. The van der Waals surface area contributed by atoms with Crippen LogP contribution in [0.3, 0.4) is 0 Å². The molecule has 136 valence electrons. The average molecular weight is 351 g/mol. The topological polar surface area (TPSA) is 15.3 Å². The van der Waals surface area contributed by atoms with Gasteiger partial charge in [0.05, 0.1) is 0 Å². The Bertz CT molecular complexity index is 463. The summed E-state index contributed by atoms with van der Waals surface area (Å²) in [6.45, 7) is 10.8. The molecule has 0 aromatic heterocycles. The zero-order valence-corrected chi connectivity index (χ0v) is 16.4. The number of halogens is 1. The molecule has 1 N–H and O–H groups in total. The van der Waals surface area contributed by atoms with E-state index in [9.17, 15) is 0 Å². The molecule has 2 heterocycles. The summed E-state index contributed by atoms with van der Waals surface area (Å²) in [4.78, 5) is 2.57. The van der Waals surface area contributed by atoms with Crippen molar-refractivity contribution >= 4 is 11.6 Å². The predicted octanol–water partition coefficient (Wildman–Crippen LogP) is 5.25. The Balaban J connectivity index is 0.000000198. The van der Waals surface area contributed by atoms with Crippen LogP contribution < -0.4 is 5.32 Å². The van der Waals surface area contributed by atoms with Gasteiger partial charge >= 0.3 is 0 Å². The van der Waals surface area contributed by atoms with Crippen molar-refractivity contribution in [3.63, 3.8) is 0 Å². The van der Waals surface area contributed by atoms with Crippen LogP contribution in [0.2, 0.25) is 5.02 Å². The lowest BCUT2D eigenvalue weighted by molar-refractivity contribution is 0.332. The average Bonchev–Trinajstić information content (AvgIpc) is 3.14. The van der Waals surface area contributed by atoms with E-state index in [2.05, 4.69) is 36.2 Å². The van der Waals surface area contributed by atoms with Crippen LogP contribution in [0.5, 0.6) is 0 Å². The van der Waals surface area contributed by atoms with E-state index in [4.69, 9.17) is 11.6 Å². The molecule has 1 aromatic rings. The molecular formula is C21H35ClN2. The number of nitrogens with zero attached hydrogens (tertiary/aromatic N) is 1. The second kappa shape index (κ2) is 11.1. The molecule has 0 saturated carbocycles. The first-order valence-corrected chi connectivity index (χ1v) is 10.3. The number of hydrogen-bond donors (Lipinski definition) is 1. The third-order valence-electron chi connectivity index (χ3n) is 5.29. The maximum absolute atomic E-state index is 6.02. The molecule has 0 atom stereocenters. The molecule has 2 aliphatic rings. The lowest BCUT2D eigenvalue weighted by atomic mass is 9.86. The Labute approximate surface area is 154 Å². The largest absolute Gasteiger partial charge is 0.317 e. The Morgan fingerprint density at radius 2 is 1.83 bits per heavy atom. The van der Waals surface area contributed by atoms with Crippen LogP contribution in [0, 0.1) is 0 Å². The van der Waals surface area contributed by atoms with Gasteiger partial charge in [-0.05, 0) is 100 Å². The highest BCUT2D eigenvalue weighted by Crippen LogP contribution is 2.30. The number of piperidine rings is 1. The van der Waals surface area contributed by atoms with Crippen molar-refractivity contribution in [2.45, 2.75) is 64.7 Å². The van der Waals surface area contributed by atoms with E-state index >= 15 is 0 Å². The molecule has 24 heavy (non-hydrogen) atoms. The van der Waals surface area contributed by atoms with Gasteiger partial charge in [0.1, 0.15) is 0 Å². The minimum atomic E-state index is 0.735. The monoisotopic (exact) mass is 350 g/mol. The van der Waals surface area contributed by atoms with Crippen LogP contribution in [-0.2, 0) is 6.42 Å². The summed E-state index contributed by atoms with van der Waals surface area (Å²) in [6, 6.07) is 6.37. The summed E-state index contributed by atoms with van der Waals surface area (Å²) >= 11 is 6.02. The summed E-state index contributed by atoms with van der Waals surface area (Å²) in [5.74, 6) is 0.735. The van der Waals surface area contributed by atoms with E-state index in [1.807, 2.05) is 6.07 Å². The van der Waals surface area contributed by atoms with Gasteiger partial charge in [0.2, 0.25) is 0 Å². The Morgan fingerprint density at radius 3 is 2.46 bits per heavy atom. The molecule has 0 aliphatic carbocycles. The number of unbranched alkanes of at least 4 members (excludes halogenated alkanes) is 1. The number of nitrogens with one attached hydrogen (secondary N) is 1. The fourth-order valence-corrected chi connectivity index (χ4v) is 3.99. The molecule has 0 bridgehead atoms. The van der Waals surface area contributed by atoms with Crippen molar-refractivity contribution in [1.82, 2.24) is 10.2 Å². The van der Waals surface area contributed by atoms with Gasteiger partial charge in [-0.15, -0.1) is 0 Å². The molecule has 0 radical (unpaired) electrons. The fourth-order valence-electron chi connectivity index (χ4n) is 3.80. The Morgan fingerprint density at radius 1 is 1.12 bits per heavy atom. The van der Waals surface area contributed by atoms with Gasteiger partial charge in [0, 0.05) is 5.02 Å². The summed E-state index contributed by atoms with van der Waals surface area (Å²) in [5.41, 5.74) is 2.94. The first-order valence-electron chi connectivity index (χ1n) is 9.96. The highest BCUT2D eigenvalue weighted by atomic mass is 35.5. The van der Waals surface area contributed by atoms with Crippen LogP contribution >= 0.6 is 11.6 Å². The highest BCUT2D eigenvalue weighted by molar-refractivity contribution is 6.30. The van der Waals surface area contributed by atoms with E-state index in [1.165, 1.54) is 69.3 Å². The molecule has 1 aromatic carbocycles. The molecule has 0 unspecified atom stereocenters. The molecule has 2 fully saturated rings. The molecule has 2 aliphatic heterocycles. The third-order valence-corrected chi connectivity index (χ3v) is 5.53. The van der Waals surface area contributed by atoms with Crippen molar-refractivity contribution in [2.24, 2.45) is 0 Å². The van der Waals surface area contributed by atoms with Gasteiger partial charge in [-0.1, -0.05) is 37.9 Å². The van der Waals surface area contributed by atoms with Gasteiger partial charge in [-0.3, -0.25) is 0 Å². The number of benzene rings is 1.